The molecule has 0 saturated carbocycles. The van der Waals surface area contributed by atoms with Gasteiger partial charge in [0.1, 0.15) is 5.82 Å². The third kappa shape index (κ3) is 3.35. The molecule has 0 atom stereocenters. The zero-order chi connectivity index (χ0) is 15.2. The molecule has 3 nitrogen and oxygen atoms in total. The lowest BCUT2D eigenvalue weighted by molar-refractivity contribution is 0.628. The molecule has 108 valence electrons. The van der Waals surface area contributed by atoms with Gasteiger partial charge in [0.05, 0.1) is 11.4 Å². The molecule has 0 unspecified atom stereocenters. The molecular formula is C18H14FN3. The van der Waals surface area contributed by atoms with Crippen molar-refractivity contribution in [3.63, 3.8) is 0 Å². The van der Waals surface area contributed by atoms with Gasteiger partial charge in [-0.15, -0.1) is 0 Å². The fraction of sp³-hybridized carbons (Fsp3) is 0. The van der Waals surface area contributed by atoms with E-state index in [0.29, 0.717) is 0 Å². The van der Waals surface area contributed by atoms with Crippen molar-refractivity contribution in [2.75, 3.05) is 5.43 Å². The van der Waals surface area contributed by atoms with Crippen molar-refractivity contribution in [2.45, 2.75) is 0 Å². The highest BCUT2D eigenvalue weighted by Gasteiger charge is 2.06. The number of hydrogen-bond donors (Lipinski definition) is 1. The second-order valence-corrected chi connectivity index (χ2v) is 4.68. The van der Waals surface area contributed by atoms with E-state index < -0.39 is 0 Å². The van der Waals surface area contributed by atoms with Crippen LogP contribution in [0, 0.1) is 5.82 Å². The average Bonchev–Trinajstić information content (AvgIpc) is 2.59. The third-order valence-electron chi connectivity index (χ3n) is 3.14. The summed E-state index contributed by atoms with van der Waals surface area (Å²) in [5.74, 6) is -0.271. The van der Waals surface area contributed by atoms with E-state index in [0.717, 1.165) is 22.5 Å². The molecule has 3 aromatic rings. The zero-order valence-electron chi connectivity index (χ0n) is 11.8. The maximum absolute atomic E-state index is 12.9. The molecule has 0 fully saturated rings. The Morgan fingerprint density at radius 3 is 2.14 bits per heavy atom. The van der Waals surface area contributed by atoms with Gasteiger partial charge in [-0.2, -0.15) is 5.10 Å². The van der Waals surface area contributed by atoms with Crippen molar-refractivity contribution in [1.29, 1.82) is 0 Å². The number of hydrogen-bond acceptors (Lipinski definition) is 3. The Hall–Kier alpha value is -3.01. The van der Waals surface area contributed by atoms with Crippen LogP contribution in [0.3, 0.4) is 0 Å². The van der Waals surface area contributed by atoms with Crippen molar-refractivity contribution in [2.24, 2.45) is 5.10 Å². The number of nitrogens with zero attached hydrogens (tertiary/aromatic N) is 2. The van der Waals surface area contributed by atoms with Gasteiger partial charge in [-0.3, -0.25) is 10.4 Å². The Balaban J connectivity index is 1.95. The first-order valence-electron chi connectivity index (χ1n) is 6.88. The van der Waals surface area contributed by atoms with Gasteiger partial charge in [-0.25, -0.2) is 4.39 Å². The summed E-state index contributed by atoms with van der Waals surface area (Å²) in [5.41, 5.74) is 6.44. The van der Waals surface area contributed by atoms with Gasteiger partial charge in [0.15, 0.2) is 0 Å². The molecule has 1 heterocycles. The summed E-state index contributed by atoms with van der Waals surface area (Å²) in [6, 6.07) is 19.8. The van der Waals surface area contributed by atoms with Crippen LogP contribution in [0.5, 0.6) is 0 Å². The number of halogens is 1. The first-order chi connectivity index (χ1) is 10.8. The first kappa shape index (κ1) is 13.9. The lowest BCUT2D eigenvalue weighted by Gasteiger charge is -2.08. The summed E-state index contributed by atoms with van der Waals surface area (Å²) in [4.78, 5) is 4.03. The molecule has 0 radical (unpaired) electrons. The Kier molecular flexibility index (Phi) is 4.20. The smallest absolute Gasteiger partial charge is 0.123 e. The van der Waals surface area contributed by atoms with Crippen LogP contribution in [0.2, 0.25) is 0 Å². The van der Waals surface area contributed by atoms with Gasteiger partial charge in [0, 0.05) is 23.5 Å². The molecule has 0 bridgehead atoms. The van der Waals surface area contributed by atoms with Gasteiger partial charge in [-0.1, -0.05) is 30.3 Å². The minimum absolute atomic E-state index is 0.271. The quantitative estimate of drug-likeness (QED) is 0.581. The Labute approximate surface area is 128 Å². The van der Waals surface area contributed by atoms with Crippen LogP contribution in [-0.4, -0.2) is 10.7 Å². The second-order valence-electron chi connectivity index (χ2n) is 4.68. The standard InChI is InChI=1S/C18H14FN3/c19-16-6-8-17(9-7-16)21-22-18(14-4-2-1-3-5-14)15-10-12-20-13-11-15/h1-13,21H/b22-18-. The van der Waals surface area contributed by atoms with Crippen LogP contribution in [0.4, 0.5) is 10.1 Å². The average molecular weight is 291 g/mol. The molecule has 3 rings (SSSR count). The number of anilines is 1. The SMILES string of the molecule is Fc1ccc(N/N=C(/c2ccccc2)c2ccncc2)cc1. The maximum atomic E-state index is 12.9. The lowest BCUT2D eigenvalue weighted by Crippen LogP contribution is -2.06. The van der Waals surface area contributed by atoms with Crippen molar-refractivity contribution in [1.82, 2.24) is 4.98 Å². The van der Waals surface area contributed by atoms with Crippen molar-refractivity contribution in [3.05, 3.63) is 96.1 Å². The minimum atomic E-state index is -0.271. The number of hydrazone groups is 1. The van der Waals surface area contributed by atoms with Crippen LogP contribution >= 0.6 is 0 Å². The van der Waals surface area contributed by atoms with Crippen molar-refractivity contribution in [3.8, 4) is 0 Å². The summed E-state index contributed by atoms with van der Waals surface area (Å²) in [6.07, 6.45) is 3.46. The second kappa shape index (κ2) is 6.63. The summed E-state index contributed by atoms with van der Waals surface area (Å²) >= 11 is 0. The Morgan fingerprint density at radius 1 is 0.818 bits per heavy atom. The molecule has 0 aliphatic rings. The van der Waals surface area contributed by atoms with E-state index in [9.17, 15) is 4.39 Å². The monoisotopic (exact) mass is 291 g/mol. The molecule has 22 heavy (non-hydrogen) atoms. The van der Waals surface area contributed by atoms with Gasteiger partial charge < -0.3 is 0 Å². The predicted molar refractivity (Wildman–Crippen MR) is 86.3 cm³/mol. The highest BCUT2D eigenvalue weighted by molar-refractivity contribution is 6.13. The number of benzene rings is 2. The largest absolute Gasteiger partial charge is 0.278 e. The molecule has 0 amide bonds. The van der Waals surface area contributed by atoms with Gasteiger partial charge in [-0.05, 0) is 36.4 Å². The van der Waals surface area contributed by atoms with Gasteiger partial charge in [0.2, 0.25) is 0 Å². The Bertz CT molecular complexity index is 712. The predicted octanol–water partition coefficient (Wildman–Crippen LogP) is 4.09. The zero-order valence-corrected chi connectivity index (χ0v) is 11.8. The molecule has 1 N–H and O–H groups in total. The van der Waals surface area contributed by atoms with Crippen LogP contribution < -0.4 is 5.43 Å². The minimum Gasteiger partial charge on any atom is -0.278 e. The summed E-state index contributed by atoms with van der Waals surface area (Å²) in [6.45, 7) is 0. The molecule has 1 aromatic heterocycles. The van der Waals surface area contributed by atoms with E-state index in [1.807, 2.05) is 42.5 Å². The summed E-state index contributed by atoms with van der Waals surface area (Å²) in [7, 11) is 0. The van der Waals surface area contributed by atoms with E-state index >= 15 is 0 Å². The number of rotatable bonds is 4. The highest BCUT2D eigenvalue weighted by atomic mass is 19.1. The number of aromatic nitrogens is 1. The third-order valence-corrected chi connectivity index (χ3v) is 3.14. The van der Waals surface area contributed by atoms with E-state index in [-0.39, 0.29) is 5.82 Å². The maximum Gasteiger partial charge on any atom is 0.123 e. The fourth-order valence-corrected chi connectivity index (χ4v) is 2.05. The Morgan fingerprint density at radius 2 is 1.45 bits per heavy atom. The summed E-state index contributed by atoms with van der Waals surface area (Å²) in [5, 5.41) is 4.48. The van der Waals surface area contributed by atoms with E-state index in [1.165, 1.54) is 12.1 Å². The van der Waals surface area contributed by atoms with Crippen molar-refractivity contribution >= 4 is 11.4 Å². The van der Waals surface area contributed by atoms with E-state index in [1.54, 1.807) is 24.5 Å². The lowest BCUT2D eigenvalue weighted by atomic mass is 10.0. The fourth-order valence-electron chi connectivity index (χ4n) is 2.05. The van der Waals surface area contributed by atoms with Crippen LogP contribution in [-0.2, 0) is 0 Å². The highest BCUT2D eigenvalue weighted by Crippen LogP contribution is 2.13. The first-order valence-corrected chi connectivity index (χ1v) is 6.88. The molecule has 0 saturated heterocycles. The van der Waals surface area contributed by atoms with Crippen LogP contribution in [0.25, 0.3) is 0 Å². The molecule has 4 heteroatoms. The van der Waals surface area contributed by atoms with Crippen LogP contribution in [0.1, 0.15) is 11.1 Å². The van der Waals surface area contributed by atoms with Gasteiger partial charge >= 0.3 is 0 Å². The summed E-state index contributed by atoms with van der Waals surface area (Å²) < 4.78 is 12.9. The number of nitrogens with one attached hydrogen (secondary N) is 1. The van der Waals surface area contributed by atoms with E-state index in [2.05, 4.69) is 15.5 Å². The number of pyridine rings is 1. The molecule has 2 aromatic carbocycles. The van der Waals surface area contributed by atoms with Crippen molar-refractivity contribution < 1.29 is 4.39 Å². The molecule has 0 spiro atoms. The van der Waals surface area contributed by atoms with Gasteiger partial charge in [0.25, 0.3) is 0 Å². The topological polar surface area (TPSA) is 37.3 Å². The molecular weight excluding hydrogens is 277 g/mol. The molecule has 0 aliphatic carbocycles. The van der Waals surface area contributed by atoms with Crippen LogP contribution in [0.15, 0.2) is 84.2 Å². The molecule has 0 aliphatic heterocycles. The van der Waals surface area contributed by atoms with E-state index in [4.69, 9.17) is 0 Å². The normalized spacial score (nSPS) is 11.2.